The Morgan fingerprint density at radius 2 is 2.23 bits per heavy atom. The fraction of sp³-hybridized carbons (Fsp3) is 1.00. The second-order valence-corrected chi connectivity index (χ2v) is 5.89. The van der Waals surface area contributed by atoms with E-state index in [4.69, 9.17) is 0 Å². The summed E-state index contributed by atoms with van der Waals surface area (Å²) >= 11 is 1.93. The van der Waals surface area contributed by atoms with Crippen molar-refractivity contribution < 1.29 is 0 Å². The molecule has 0 aromatic rings. The second kappa shape index (κ2) is 5.26. The quantitative estimate of drug-likeness (QED) is 0.702. The first-order chi connectivity index (χ1) is 6.14. The molecule has 0 bridgehead atoms. The molecular formula is C11H23NS. The van der Waals surface area contributed by atoms with Crippen molar-refractivity contribution in [2.75, 3.05) is 18.6 Å². The zero-order chi connectivity index (χ0) is 9.73. The van der Waals surface area contributed by atoms with Crippen LogP contribution in [0, 0.1) is 5.41 Å². The first kappa shape index (κ1) is 11.4. The Morgan fingerprint density at radius 1 is 1.46 bits per heavy atom. The number of nitrogens with one attached hydrogen (secondary N) is 1. The fourth-order valence-corrected chi connectivity index (χ4v) is 2.56. The Labute approximate surface area is 87.1 Å². The summed E-state index contributed by atoms with van der Waals surface area (Å²) in [7, 11) is 0. The molecule has 0 radical (unpaired) electrons. The fourth-order valence-electron chi connectivity index (χ4n) is 2.24. The van der Waals surface area contributed by atoms with Crippen molar-refractivity contribution in [3.8, 4) is 0 Å². The van der Waals surface area contributed by atoms with Crippen molar-refractivity contribution in [1.29, 1.82) is 0 Å². The molecule has 0 amide bonds. The minimum Gasteiger partial charge on any atom is -0.313 e. The van der Waals surface area contributed by atoms with Gasteiger partial charge in [-0.15, -0.1) is 0 Å². The Hall–Kier alpha value is 0.310. The molecule has 0 aromatic heterocycles. The standard InChI is InChI=1S/C11H23NS/c1-11(2)6-4-5-10(9-11)12-7-8-13-3/h10,12H,4-9H2,1-3H3. The lowest BCUT2D eigenvalue weighted by Gasteiger charge is -2.35. The van der Waals surface area contributed by atoms with Gasteiger partial charge in [-0.3, -0.25) is 0 Å². The van der Waals surface area contributed by atoms with Crippen molar-refractivity contribution in [2.45, 2.75) is 45.6 Å². The Bertz CT molecular complexity index is 145. The van der Waals surface area contributed by atoms with E-state index in [1.807, 2.05) is 11.8 Å². The summed E-state index contributed by atoms with van der Waals surface area (Å²) < 4.78 is 0. The van der Waals surface area contributed by atoms with E-state index in [0.717, 1.165) is 6.04 Å². The van der Waals surface area contributed by atoms with E-state index in [1.54, 1.807) is 0 Å². The molecule has 0 aliphatic heterocycles. The minimum atomic E-state index is 0.579. The van der Waals surface area contributed by atoms with Crippen LogP contribution in [-0.4, -0.2) is 24.6 Å². The van der Waals surface area contributed by atoms with E-state index < -0.39 is 0 Å². The number of rotatable bonds is 4. The van der Waals surface area contributed by atoms with Crippen molar-refractivity contribution in [1.82, 2.24) is 5.32 Å². The number of hydrogen-bond acceptors (Lipinski definition) is 2. The van der Waals surface area contributed by atoms with Crippen molar-refractivity contribution >= 4 is 11.8 Å². The first-order valence-electron chi connectivity index (χ1n) is 5.36. The molecule has 1 N–H and O–H groups in total. The summed E-state index contributed by atoms with van der Waals surface area (Å²) in [6.45, 7) is 5.98. The number of thioether (sulfide) groups is 1. The third-order valence-electron chi connectivity index (χ3n) is 2.94. The lowest BCUT2D eigenvalue weighted by atomic mass is 9.75. The molecule has 1 unspecified atom stereocenters. The molecule has 1 saturated carbocycles. The lowest BCUT2D eigenvalue weighted by molar-refractivity contribution is 0.200. The predicted octanol–water partition coefficient (Wildman–Crippen LogP) is 2.91. The van der Waals surface area contributed by atoms with Crippen LogP contribution < -0.4 is 5.32 Å². The molecular weight excluding hydrogens is 178 g/mol. The highest BCUT2D eigenvalue weighted by atomic mass is 32.2. The Kier molecular flexibility index (Phi) is 4.60. The molecule has 1 aliphatic carbocycles. The van der Waals surface area contributed by atoms with Crippen molar-refractivity contribution in [2.24, 2.45) is 5.41 Å². The smallest absolute Gasteiger partial charge is 0.00724 e. The van der Waals surface area contributed by atoms with E-state index in [-0.39, 0.29) is 0 Å². The first-order valence-corrected chi connectivity index (χ1v) is 6.76. The monoisotopic (exact) mass is 201 g/mol. The highest BCUT2D eigenvalue weighted by Gasteiger charge is 2.27. The van der Waals surface area contributed by atoms with Gasteiger partial charge in [0.25, 0.3) is 0 Å². The molecule has 0 saturated heterocycles. The maximum Gasteiger partial charge on any atom is 0.00724 e. The van der Waals surface area contributed by atoms with E-state index in [2.05, 4.69) is 25.4 Å². The molecule has 1 rings (SSSR count). The van der Waals surface area contributed by atoms with Crippen LogP contribution in [0.15, 0.2) is 0 Å². The van der Waals surface area contributed by atoms with Crippen LogP contribution in [0.2, 0.25) is 0 Å². The molecule has 1 nitrogen and oxygen atoms in total. The minimum absolute atomic E-state index is 0.579. The van der Waals surface area contributed by atoms with Crippen LogP contribution in [0.4, 0.5) is 0 Å². The maximum absolute atomic E-state index is 3.66. The van der Waals surface area contributed by atoms with E-state index in [0.29, 0.717) is 5.41 Å². The summed E-state index contributed by atoms with van der Waals surface area (Å²) in [5, 5.41) is 3.66. The summed E-state index contributed by atoms with van der Waals surface area (Å²) in [4.78, 5) is 0. The zero-order valence-electron chi connectivity index (χ0n) is 9.23. The molecule has 78 valence electrons. The molecule has 0 heterocycles. The largest absolute Gasteiger partial charge is 0.313 e. The summed E-state index contributed by atoms with van der Waals surface area (Å²) in [6.07, 6.45) is 7.74. The number of hydrogen-bond donors (Lipinski definition) is 1. The van der Waals surface area contributed by atoms with Gasteiger partial charge in [-0.25, -0.2) is 0 Å². The van der Waals surface area contributed by atoms with Gasteiger partial charge in [0.05, 0.1) is 0 Å². The van der Waals surface area contributed by atoms with Crippen molar-refractivity contribution in [3.05, 3.63) is 0 Å². The SMILES string of the molecule is CSCCNC1CCCC(C)(C)C1. The van der Waals surface area contributed by atoms with Gasteiger partial charge < -0.3 is 5.32 Å². The summed E-state index contributed by atoms with van der Waals surface area (Å²) in [5.41, 5.74) is 0.579. The highest BCUT2D eigenvalue weighted by Crippen LogP contribution is 2.34. The average Bonchev–Trinajstić information content (AvgIpc) is 2.03. The summed E-state index contributed by atoms with van der Waals surface area (Å²) in [6, 6.07) is 0.788. The van der Waals surface area contributed by atoms with E-state index in [9.17, 15) is 0 Å². The maximum atomic E-state index is 3.66. The molecule has 1 aliphatic rings. The van der Waals surface area contributed by atoms with Crippen LogP contribution in [-0.2, 0) is 0 Å². The third-order valence-corrected chi connectivity index (χ3v) is 3.56. The molecule has 0 spiro atoms. The molecule has 13 heavy (non-hydrogen) atoms. The molecule has 2 heteroatoms. The summed E-state index contributed by atoms with van der Waals surface area (Å²) in [5.74, 6) is 1.25. The van der Waals surface area contributed by atoms with Crippen LogP contribution in [0.3, 0.4) is 0 Å². The van der Waals surface area contributed by atoms with Gasteiger partial charge in [0, 0.05) is 18.3 Å². The van der Waals surface area contributed by atoms with Gasteiger partial charge >= 0.3 is 0 Å². The average molecular weight is 201 g/mol. The Balaban J connectivity index is 2.19. The highest BCUT2D eigenvalue weighted by molar-refractivity contribution is 7.98. The zero-order valence-corrected chi connectivity index (χ0v) is 10.0. The van der Waals surface area contributed by atoms with Crippen LogP contribution in [0.5, 0.6) is 0 Å². The van der Waals surface area contributed by atoms with E-state index >= 15 is 0 Å². The van der Waals surface area contributed by atoms with E-state index in [1.165, 1.54) is 38.0 Å². The van der Waals surface area contributed by atoms with Gasteiger partial charge in [0.15, 0.2) is 0 Å². The molecule has 1 atom stereocenters. The van der Waals surface area contributed by atoms with Crippen molar-refractivity contribution in [3.63, 3.8) is 0 Å². The van der Waals surface area contributed by atoms with Gasteiger partial charge in [-0.2, -0.15) is 11.8 Å². The predicted molar refractivity (Wildman–Crippen MR) is 62.4 cm³/mol. The molecule has 1 fully saturated rings. The second-order valence-electron chi connectivity index (χ2n) is 4.90. The van der Waals surface area contributed by atoms with Crippen LogP contribution in [0.1, 0.15) is 39.5 Å². The van der Waals surface area contributed by atoms with Gasteiger partial charge in [0.1, 0.15) is 0 Å². The van der Waals surface area contributed by atoms with Gasteiger partial charge in [-0.1, -0.05) is 20.3 Å². The topological polar surface area (TPSA) is 12.0 Å². The van der Waals surface area contributed by atoms with Crippen LogP contribution in [0.25, 0.3) is 0 Å². The Morgan fingerprint density at radius 3 is 2.85 bits per heavy atom. The van der Waals surface area contributed by atoms with Crippen LogP contribution >= 0.6 is 11.8 Å². The third kappa shape index (κ3) is 4.37. The van der Waals surface area contributed by atoms with Gasteiger partial charge in [-0.05, 0) is 30.9 Å². The lowest BCUT2D eigenvalue weighted by Crippen LogP contribution is -2.38. The molecule has 0 aromatic carbocycles. The van der Waals surface area contributed by atoms with Gasteiger partial charge in [0.2, 0.25) is 0 Å². The normalized spacial score (nSPS) is 27.5.